The van der Waals surface area contributed by atoms with Crippen LogP contribution in [0.3, 0.4) is 0 Å². The number of para-hydroxylation sites is 1. The summed E-state index contributed by atoms with van der Waals surface area (Å²) in [7, 11) is 1.90. The van der Waals surface area contributed by atoms with Gasteiger partial charge in [0.15, 0.2) is 11.8 Å². The first-order valence-electron chi connectivity index (χ1n) is 4.28. The van der Waals surface area contributed by atoms with Crippen molar-refractivity contribution in [1.82, 2.24) is 0 Å². The minimum absolute atomic E-state index is 0.197. The van der Waals surface area contributed by atoms with Crippen molar-refractivity contribution in [2.75, 3.05) is 18.6 Å². The third-order valence-corrected chi connectivity index (χ3v) is 2.95. The van der Waals surface area contributed by atoms with Crippen LogP contribution in [0.2, 0.25) is 0 Å². The molecule has 72 valence electrons. The highest BCUT2D eigenvalue weighted by Gasteiger charge is 2.25. The lowest BCUT2D eigenvalue weighted by Crippen LogP contribution is -2.39. The van der Waals surface area contributed by atoms with Gasteiger partial charge in [0.05, 0.1) is 16.2 Å². The number of hydrogen-bond acceptors (Lipinski definition) is 3. The van der Waals surface area contributed by atoms with Gasteiger partial charge in [0.25, 0.3) is 0 Å². The van der Waals surface area contributed by atoms with Crippen LogP contribution in [0.5, 0.6) is 5.75 Å². The highest BCUT2D eigenvalue weighted by atomic mass is 79.9. The maximum atomic E-state index is 8.87. The minimum atomic E-state index is -0.197. The second kappa shape index (κ2) is 3.50. The number of anilines is 1. The number of rotatable bonds is 0. The quantitative estimate of drug-likeness (QED) is 0.710. The fourth-order valence-electron chi connectivity index (χ4n) is 1.48. The zero-order valence-corrected chi connectivity index (χ0v) is 9.28. The largest absolute Gasteiger partial charge is 0.487 e. The van der Waals surface area contributed by atoms with Crippen molar-refractivity contribution in [3.8, 4) is 11.8 Å². The first-order valence-corrected chi connectivity index (χ1v) is 5.07. The van der Waals surface area contributed by atoms with Gasteiger partial charge < -0.3 is 9.64 Å². The molecule has 14 heavy (non-hydrogen) atoms. The van der Waals surface area contributed by atoms with Crippen LogP contribution in [0.4, 0.5) is 5.69 Å². The molecule has 0 amide bonds. The van der Waals surface area contributed by atoms with E-state index in [1.54, 1.807) is 0 Å². The second-order valence-electron chi connectivity index (χ2n) is 3.15. The summed E-state index contributed by atoms with van der Waals surface area (Å²) in [5.41, 5.74) is 0.956. The number of fused-ring (bicyclic) bond motifs is 1. The molecule has 0 radical (unpaired) electrons. The molecule has 0 saturated heterocycles. The lowest BCUT2D eigenvalue weighted by Gasteiger charge is -2.32. The van der Waals surface area contributed by atoms with Crippen LogP contribution >= 0.6 is 15.9 Å². The molecule has 4 heteroatoms. The number of nitrogens with zero attached hydrogens (tertiary/aromatic N) is 2. The maximum Gasteiger partial charge on any atom is 0.156 e. The summed E-state index contributed by atoms with van der Waals surface area (Å²) in [5.74, 6) is 0.821. The summed E-state index contributed by atoms with van der Waals surface area (Å²) in [5, 5.41) is 8.87. The van der Waals surface area contributed by atoms with Crippen LogP contribution in [-0.2, 0) is 0 Å². The van der Waals surface area contributed by atoms with Gasteiger partial charge in [-0.3, -0.25) is 0 Å². The monoisotopic (exact) mass is 252 g/mol. The smallest absolute Gasteiger partial charge is 0.156 e. The number of ether oxygens (including phenoxy) is 1. The zero-order chi connectivity index (χ0) is 10.1. The van der Waals surface area contributed by atoms with E-state index in [-0.39, 0.29) is 6.04 Å². The Balaban J connectivity index is 2.47. The molecule has 1 aliphatic rings. The summed E-state index contributed by atoms with van der Waals surface area (Å²) >= 11 is 3.42. The molecule has 0 saturated carbocycles. The van der Waals surface area contributed by atoms with Crippen LogP contribution in [0, 0.1) is 11.3 Å². The Morgan fingerprint density at radius 3 is 3.14 bits per heavy atom. The predicted octanol–water partition coefficient (Wildman–Crippen LogP) is 2.17. The molecule has 1 aliphatic heterocycles. The molecule has 1 unspecified atom stereocenters. The van der Waals surface area contributed by atoms with E-state index in [4.69, 9.17) is 10.00 Å². The van der Waals surface area contributed by atoms with Crippen molar-refractivity contribution < 1.29 is 4.74 Å². The van der Waals surface area contributed by atoms with Crippen molar-refractivity contribution in [2.24, 2.45) is 0 Å². The van der Waals surface area contributed by atoms with Gasteiger partial charge in [0.1, 0.15) is 6.61 Å². The first-order chi connectivity index (χ1) is 6.74. The highest BCUT2D eigenvalue weighted by molar-refractivity contribution is 9.10. The molecule has 1 aromatic rings. The number of hydrogen-bond donors (Lipinski definition) is 0. The van der Waals surface area contributed by atoms with E-state index in [1.165, 1.54) is 0 Å². The van der Waals surface area contributed by atoms with E-state index in [1.807, 2.05) is 30.1 Å². The number of benzene rings is 1. The van der Waals surface area contributed by atoms with E-state index in [2.05, 4.69) is 22.0 Å². The van der Waals surface area contributed by atoms with Gasteiger partial charge >= 0.3 is 0 Å². The first kappa shape index (κ1) is 9.35. The lowest BCUT2D eigenvalue weighted by molar-refractivity contribution is 0.287. The Morgan fingerprint density at radius 2 is 2.43 bits per heavy atom. The molecule has 0 spiro atoms. The number of halogens is 1. The van der Waals surface area contributed by atoms with Crippen molar-refractivity contribution in [3.63, 3.8) is 0 Å². The third kappa shape index (κ3) is 1.34. The third-order valence-electron chi connectivity index (χ3n) is 2.33. The minimum Gasteiger partial charge on any atom is -0.487 e. The molecule has 1 heterocycles. The van der Waals surface area contributed by atoms with Gasteiger partial charge in [-0.15, -0.1) is 0 Å². The Hall–Kier alpha value is -1.21. The molecule has 0 aliphatic carbocycles. The average molecular weight is 253 g/mol. The van der Waals surface area contributed by atoms with Gasteiger partial charge in [0, 0.05) is 7.05 Å². The van der Waals surface area contributed by atoms with Crippen molar-refractivity contribution in [3.05, 3.63) is 22.7 Å². The van der Waals surface area contributed by atoms with Crippen molar-refractivity contribution in [1.29, 1.82) is 5.26 Å². The fraction of sp³-hybridized carbons (Fsp3) is 0.300. The van der Waals surface area contributed by atoms with Gasteiger partial charge in [-0.2, -0.15) is 5.26 Å². The molecule has 1 aromatic carbocycles. The molecule has 0 aromatic heterocycles. The van der Waals surface area contributed by atoms with Crippen molar-refractivity contribution in [2.45, 2.75) is 6.04 Å². The fourth-order valence-corrected chi connectivity index (χ4v) is 1.95. The Kier molecular flexibility index (Phi) is 2.34. The van der Waals surface area contributed by atoms with Gasteiger partial charge in [-0.25, -0.2) is 0 Å². The molecule has 0 bridgehead atoms. The summed E-state index contributed by atoms with van der Waals surface area (Å²) in [6.45, 7) is 0.419. The van der Waals surface area contributed by atoms with Gasteiger partial charge in [0.2, 0.25) is 0 Å². The Morgan fingerprint density at radius 1 is 1.64 bits per heavy atom. The van der Waals surface area contributed by atoms with E-state index in [0.717, 1.165) is 15.9 Å². The summed E-state index contributed by atoms with van der Waals surface area (Å²) in [4.78, 5) is 1.93. The standard InChI is InChI=1S/C10H9BrN2O/c1-13-7(5-12)6-14-10-8(11)3-2-4-9(10)13/h2-4,7H,6H2,1H3. The van der Waals surface area contributed by atoms with Gasteiger partial charge in [-0.1, -0.05) is 6.07 Å². The van der Waals surface area contributed by atoms with E-state index in [9.17, 15) is 0 Å². The van der Waals surface area contributed by atoms with Crippen LogP contribution in [0.25, 0.3) is 0 Å². The van der Waals surface area contributed by atoms with Crippen LogP contribution in [0.15, 0.2) is 22.7 Å². The van der Waals surface area contributed by atoms with Crippen LogP contribution < -0.4 is 9.64 Å². The molecule has 1 atom stereocenters. The Bertz CT molecular complexity index is 400. The van der Waals surface area contributed by atoms with Crippen molar-refractivity contribution >= 4 is 21.6 Å². The molecular formula is C10H9BrN2O. The summed E-state index contributed by atoms with van der Waals surface area (Å²) in [6.07, 6.45) is 0. The molecule has 0 fully saturated rings. The van der Waals surface area contributed by atoms with E-state index in [0.29, 0.717) is 6.61 Å². The van der Waals surface area contributed by atoms with Crippen LogP contribution in [0.1, 0.15) is 0 Å². The highest BCUT2D eigenvalue weighted by Crippen LogP contribution is 2.38. The summed E-state index contributed by atoms with van der Waals surface area (Å²) in [6, 6.07) is 7.81. The normalized spacial score (nSPS) is 19.5. The summed E-state index contributed by atoms with van der Waals surface area (Å²) < 4.78 is 6.45. The molecule has 3 nitrogen and oxygen atoms in total. The topological polar surface area (TPSA) is 36.3 Å². The molecule has 2 rings (SSSR count). The zero-order valence-electron chi connectivity index (χ0n) is 7.70. The predicted molar refractivity (Wildman–Crippen MR) is 57.4 cm³/mol. The van der Waals surface area contributed by atoms with E-state index >= 15 is 0 Å². The number of likely N-dealkylation sites (N-methyl/N-ethyl adjacent to an activating group) is 1. The van der Waals surface area contributed by atoms with Gasteiger partial charge in [-0.05, 0) is 28.1 Å². The van der Waals surface area contributed by atoms with E-state index < -0.39 is 0 Å². The second-order valence-corrected chi connectivity index (χ2v) is 4.01. The average Bonchev–Trinajstić information content (AvgIpc) is 2.20. The van der Waals surface area contributed by atoms with Crippen LogP contribution in [-0.4, -0.2) is 19.7 Å². The molecular weight excluding hydrogens is 244 g/mol. The SMILES string of the molecule is CN1c2cccc(Br)c2OCC1C#N. The Labute approximate surface area is 91.0 Å². The number of nitriles is 1. The molecule has 0 N–H and O–H groups in total. The lowest BCUT2D eigenvalue weighted by atomic mass is 10.2. The maximum absolute atomic E-state index is 8.87.